The van der Waals surface area contributed by atoms with Crippen LogP contribution in [0.3, 0.4) is 0 Å². The number of likely N-dealkylation sites (N-methyl/N-ethyl adjacent to an activating group) is 1. The minimum atomic E-state index is -0.477. The lowest BCUT2D eigenvalue weighted by molar-refractivity contribution is -0.384. The Kier molecular flexibility index (Phi) is 4.46. The SMILES string of the molecule is CN(C)C1CCN(CC(=O)c2cccc([N+](=O)[O-])c2)C1. The summed E-state index contributed by atoms with van der Waals surface area (Å²) in [5.41, 5.74) is 0.371. The van der Waals surface area contributed by atoms with Crippen LogP contribution in [0.1, 0.15) is 16.8 Å². The highest BCUT2D eigenvalue weighted by molar-refractivity contribution is 5.98. The molecule has 1 aromatic rings. The number of carbonyl (C=O) groups is 1. The number of hydrogen-bond acceptors (Lipinski definition) is 5. The molecule has 1 aliphatic heterocycles. The van der Waals surface area contributed by atoms with E-state index in [1.165, 1.54) is 12.1 Å². The molecule has 0 spiro atoms. The molecule has 6 nitrogen and oxygen atoms in total. The molecule has 108 valence electrons. The molecule has 0 bridgehead atoms. The largest absolute Gasteiger partial charge is 0.305 e. The second kappa shape index (κ2) is 6.11. The molecule has 1 aliphatic rings. The monoisotopic (exact) mass is 277 g/mol. The maximum absolute atomic E-state index is 12.2. The molecule has 0 radical (unpaired) electrons. The Hall–Kier alpha value is -1.79. The molecule has 1 heterocycles. The van der Waals surface area contributed by atoms with Crippen LogP contribution in [-0.4, -0.2) is 60.3 Å². The van der Waals surface area contributed by atoms with Crippen molar-refractivity contribution >= 4 is 11.5 Å². The molecule has 1 unspecified atom stereocenters. The molecule has 1 saturated heterocycles. The van der Waals surface area contributed by atoms with Crippen LogP contribution in [0, 0.1) is 10.1 Å². The van der Waals surface area contributed by atoms with E-state index in [1.807, 2.05) is 14.1 Å². The highest BCUT2D eigenvalue weighted by Gasteiger charge is 2.25. The molecule has 0 N–H and O–H groups in total. The Morgan fingerprint density at radius 2 is 2.25 bits per heavy atom. The molecule has 0 amide bonds. The first-order chi connectivity index (χ1) is 9.47. The average molecular weight is 277 g/mol. The quantitative estimate of drug-likeness (QED) is 0.462. The molecule has 0 aromatic heterocycles. The summed E-state index contributed by atoms with van der Waals surface area (Å²) in [6, 6.07) is 6.41. The van der Waals surface area contributed by atoms with E-state index in [2.05, 4.69) is 9.80 Å². The standard InChI is InChI=1S/C14H19N3O3/c1-15(2)13-6-7-16(9-13)10-14(18)11-4-3-5-12(8-11)17(19)20/h3-5,8,13H,6-7,9-10H2,1-2H3. The van der Waals surface area contributed by atoms with Gasteiger partial charge in [0.25, 0.3) is 5.69 Å². The molecule has 1 atom stereocenters. The number of carbonyl (C=O) groups excluding carboxylic acids is 1. The Bertz CT molecular complexity index is 516. The van der Waals surface area contributed by atoms with Crippen molar-refractivity contribution in [3.63, 3.8) is 0 Å². The summed E-state index contributed by atoms with van der Waals surface area (Å²) in [7, 11) is 4.08. The third-order valence-corrected chi connectivity index (χ3v) is 3.72. The molecule has 1 fully saturated rings. The number of hydrogen-bond donors (Lipinski definition) is 0. The zero-order valence-corrected chi connectivity index (χ0v) is 11.8. The summed E-state index contributed by atoms with van der Waals surface area (Å²) in [6.07, 6.45) is 1.05. The van der Waals surface area contributed by atoms with Gasteiger partial charge in [-0.2, -0.15) is 0 Å². The van der Waals surface area contributed by atoms with Crippen molar-refractivity contribution in [3.05, 3.63) is 39.9 Å². The first-order valence-corrected chi connectivity index (χ1v) is 6.64. The smallest absolute Gasteiger partial charge is 0.270 e. The Balaban J connectivity index is 1.99. The van der Waals surface area contributed by atoms with Gasteiger partial charge >= 0.3 is 0 Å². The van der Waals surface area contributed by atoms with Gasteiger partial charge in [0.1, 0.15) is 0 Å². The average Bonchev–Trinajstić information content (AvgIpc) is 2.87. The molecule has 6 heteroatoms. The summed E-state index contributed by atoms with van der Waals surface area (Å²) in [4.78, 5) is 26.7. The minimum absolute atomic E-state index is 0.0385. The van der Waals surface area contributed by atoms with Crippen molar-refractivity contribution in [1.29, 1.82) is 0 Å². The van der Waals surface area contributed by atoms with Crippen LogP contribution in [0.4, 0.5) is 5.69 Å². The summed E-state index contributed by atoms with van der Waals surface area (Å²) < 4.78 is 0. The molecule has 1 aromatic carbocycles. The van der Waals surface area contributed by atoms with E-state index < -0.39 is 4.92 Å². The minimum Gasteiger partial charge on any atom is -0.305 e. The van der Waals surface area contributed by atoms with Gasteiger partial charge in [-0.25, -0.2) is 0 Å². The second-order valence-corrected chi connectivity index (χ2v) is 5.37. The highest BCUT2D eigenvalue weighted by Crippen LogP contribution is 2.16. The summed E-state index contributed by atoms with van der Waals surface area (Å²) >= 11 is 0. The van der Waals surface area contributed by atoms with Gasteiger partial charge < -0.3 is 4.90 Å². The fourth-order valence-corrected chi connectivity index (χ4v) is 2.46. The number of nitrogens with zero attached hydrogens (tertiary/aromatic N) is 3. The highest BCUT2D eigenvalue weighted by atomic mass is 16.6. The van der Waals surface area contributed by atoms with E-state index in [1.54, 1.807) is 12.1 Å². The van der Waals surface area contributed by atoms with Crippen LogP contribution in [0.2, 0.25) is 0 Å². The van der Waals surface area contributed by atoms with E-state index in [-0.39, 0.29) is 11.5 Å². The maximum Gasteiger partial charge on any atom is 0.270 e. The van der Waals surface area contributed by atoms with Crippen molar-refractivity contribution in [1.82, 2.24) is 9.80 Å². The summed E-state index contributed by atoms with van der Waals surface area (Å²) in [6.45, 7) is 2.09. The van der Waals surface area contributed by atoms with E-state index in [0.717, 1.165) is 19.5 Å². The van der Waals surface area contributed by atoms with Gasteiger partial charge in [-0.15, -0.1) is 0 Å². The number of likely N-dealkylation sites (tertiary alicyclic amines) is 1. The van der Waals surface area contributed by atoms with Gasteiger partial charge in [0, 0.05) is 36.8 Å². The van der Waals surface area contributed by atoms with Crippen LogP contribution >= 0.6 is 0 Å². The predicted octanol–water partition coefficient (Wildman–Crippen LogP) is 1.41. The van der Waals surface area contributed by atoms with Crippen LogP contribution in [0.15, 0.2) is 24.3 Å². The molecular weight excluding hydrogens is 258 g/mol. The normalized spacial score (nSPS) is 19.4. The molecule has 20 heavy (non-hydrogen) atoms. The zero-order valence-electron chi connectivity index (χ0n) is 11.8. The van der Waals surface area contributed by atoms with Gasteiger partial charge in [0.05, 0.1) is 11.5 Å². The number of benzene rings is 1. The van der Waals surface area contributed by atoms with Crippen molar-refractivity contribution < 1.29 is 9.72 Å². The lowest BCUT2D eigenvalue weighted by Gasteiger charge is -2.19. The Labute approximate surface area is 118 Å². The van der Waals surface area contributed by atoms with Gasteiger partial charge in [-0.3, -0.25) is 19.8 Å². The van der Waals surface area contributed by atoms with Gasteiger partial charge in [-0.1, -0.05) is 12.1 Å². The van der Waals surface area contributed by atoms with Gasteiger partial charge in [0.2, 0.25) is 0 Å². The number of nitro benzene ring substituents is 1. The zero-order chi connectivity index (χ0) is 14.7. The lowest BCUT2D eigenvalue weighted by atomic mass is 10.1. The number of ketones is 1. The molecule has 2 rings (SSSR count). The van der Waals surface area contributed by atoms with Crippen molar-refractivity contribution in [2.24, 2.45) is 0 Å². The topological polar surface area (TPSA) is 66.7 Å². The fourth-order valence-electron chi connectivity index (χ4n) is 2.46. The summed E-state index contributed by atoms with van der Waals surface area (Å²) in [5.74, 6) is -0.0619. The number of non-ortho nitro benzene ring substituents is 1. The first kappa shape index (κ1) is 14.6. The van der Waals surface area contributed by atoms with Crippen LogP contribution in [-0.2, 0) is 0 Å². The van der Waals surface area contributed by atoms with E-state index in [0.29, 0.717) is 18.2 Å². The fraction of sp³-hybridized carbons (Fsp3) is 0.500. The van der Waals surface area contributed by atoms with Gasteiger partial charge in [-0.05, 0) is 20.5 Å². The Morgan fingerprint density at radius 1 is 1.50 bits per heavy atom. The number of nitro groups is 1. The Morgan fingerprint density at radius 3 is 2.85 bits per heavy atom. The lowest BCUT2D eigenvalue weighted by Crippen LogP contribution is -2.33. The van der Waals surface area contributed by atoms with Crippen molar-refractivity contribution in [2.45, 2.75) is 12.5 Å². The van der Waals surface area contributed by atoms with E-state index >= 15 is 0 Å². The van der Waals surface area contributed by atoms with E-state index in [4.69, 9.17) is 0 Å². The van der Waals surface area contributed by atoms with E-state index in [9.17, 15) is 14.9 Å². The van der Waals surface area contributed by atoms with Gasteiger partial charge in [0.15, 0.2) is 5.78 Å². The number of Topliss-reactive ketones (excluding diaryl/α,β-unsaturated/α-hetero) is 1. The number of rotatable bonds is 5. The maximum atomic E-state index is 12.2. The predicted molar refractivity (Wildman–Crippen MR) is 76.0 cm³/mol. The second-order valence-electron chi connectivity index (χ2n) is 5.37. The van der Waals surface area contributed by atoms with Crippen LogP contribution < -0.4 is 0 Å². The summed E-state index contributed by atoms with van der Waals surface area (Å²) in [5, 5.41) is 10.7. The van der Waals surface area contributed by atoms with Crippen molar-refractivity contribution in [3.8, 4) is 0 Å². The third kappa shape index (κ3) is 3.40. The first-order valence-electron chi connectivity index (χ1n) is 6.64. The molecule has 0 saturated carbocycles. The van der Waals surface area contributed by atoms with Crippen LogP contribution in [0.25, 0.3) is 0 Å². The van der Waals surface area contributed by atoms with Crippen molar-refractivity contribution in [2.75, 3.05) is 33.7 Å². The third-order valence-electron chi connectivity index (χ3n) is 3.72. The van der Waals surface area contributed by atoms with Crippen LogP contribution in [0.5, 0.6) is 0 Å². The molecule has 0 aliphatic carbocycles. The molecular formula is C14H19N3O3.